The average Bonchev–Trinajstić information content (AvgIpc) is 3.31. The summed E-state index contributed by atoms with van der Waals surface area (Å²) < 4.78 is 2.57. The zero-order valence-corrected chi connectivity index (χ0v) is 22.3. The molecule has 0 radical (unpaired) electrons. The molecule has 3 aromatic rings. The van der Waals surface area contributed by atoms with Crippen molar-refractivity contribution < 1.29 is 9.59 Å². The monoisotopic (exact) mass is 557 g/mol. The smallest absolute Gasteiger partial charge is 0.234 e. The molecule has 0 unspecified atom stereocenters. The molecule has 35 heavy (non-hydrogen) atoms. The summed E-state index contributed by atoms with van der Waals surface area (Å²) in [5.74, 6) is 0.240. The predicted molar refractivity (Wildman–Crippen MR) is 141 cm³/mol. The molecule has 184 valence electrons. The van der Waals surface area contributed by atoms with Gasteiger partial charge in [-0.3, -0.25) is 9.59 Å². The number of aromatic nitrogens is 4. The number of benzene rings is 2. The number of hydrogen-bond acceptors (Lipinski definition) is 7. The quantitative estimate of drug-likeness (QED) is 0.460. The van der Waals surface area contributed by atoms with E-state index in [0.29, 0.717) is 18.2 Å². The SMILES string of the molecule is CC(C)(C)C(=O)N1CCN(c2ccc(NC(=O)CSc3nnnn3-c3ccc(Br)cc3)cc2)CC1. The number of anilines is 2. The van der Waals surface area contributed by atoms with Crippen molar-refractivity contribution in [1.82, 2.24) is 25.1 Å². The van der Waals surface area contributed by atoms with Crippen LogP contribution in [0.5, 0.6) is 0 Å². The van der Waals surface area contributed by atoms with Crippen molar-refractivity contribution in [3.8, 4) is 5.69 Å². The molecule has 2 amide bonds. The number of amides is 2. The van der Waals surface area contributed by atoms with Crippen LogP contribution in [0.25, 0.3) is 5.69 Å². The molecule has 2 heterocycles. The summed E-state index contributed by atoms with van der Waals surface area (Å²) >= 11 is 4.69. The predicted octanol–water partition coefficient (Wildman–Crippen LogP) is 3.85. The maximum Gasteiger partial charge on any atom is 0.234 e. The third-order valence-electron chi connectivity index (χ3n) is 5.57. The topological polar surface area (TPSA) is 96.2 Å². The fourth-order valence-electron chi connectivity index (χ4n) is 3.74. The summed E-state index contributed by atoms with van der Waals surface area (Å²) in [6.07, 6.45) is 0. The van der Waals surface area contributed by atoms with Crippen molar-refractivity contribution in [3.05, 3.63) is 53.0 Å². The third kappa shape index (κ3) is 6.40. The lowest BCUT2D eigenvalue weighted by atomic mass is 9.94. The summed E-state index contributed by atoms with van der Waals surface area (Å²) in [6, 6.07) is 15.4. The largest absolute Gasteiger partial charge is 0.368 e. The molecule has 0 spiro atoms. The van der Waals surface area contributed by atoms with Gasteiger partial charge in [0.1, 0.15) is 0 Å². The van der Waals surface area contributed by atoms with Crippen molar-refractivity contribution in [2.75, 3.05) is 42.1 Å². The number of rotatable bonds is 6. The maximum absolute atomic E-state index is 12.5. The van der Waals surface area contributed by atoms with E-state index in [9.17, 15) is 9.59 Å². The molecule has 1 aliphatic rings. The first-order valence-corrected chi connectivity index (χ1v) is 13.1. The van der Waals surface area contributed by atoms with Crippen LogP contribution in [0.3, 0.4) is 0 Å². The lowest BCUT2D eigenvalue weighted by Gasteiger charge is -2.38. The Labute approximate surface area is 217 Å². The second kappa shape index (κ2) is 10.8. The number of tetrazole rings is 1. The lowest BCUT2D eigenvalue weighted by molar-refractivity contribution is -0.139. The van der Waals surface area contributed by atoms with E-state index in [1.54, 1.807) is 4.68 Å². The zero-order chi connectivity index (χ0) is 25.0. The average molecular weight is 559 g/mol. The van der Waals surface area contributed by atoms with Gasteiger partial charge < -0.3 is 15.1 Å². The highest BCUT2D eigenvalue weighted by atomic mass is 79.9. The molecule has 4 rings (SSSR count). The zero-order valence-electron chi connectivity index (χ0n) is 19.9. The molecule has 2 aromatic carbocycles. The maximum atomic E-state index is 12.5. The van der Waals surface area contributed by atoms with Crippen molar-refractivity contribution in [2.24, 2.45) is 5.41 Å². The van der Waals surface area contributed by atoms with Crippen molar-refractivity contribution in [1.29, 1.82) is 0 Å². The Kier molecular flexibility index (Phi) is 7.75. The summed E-state index contributed by atoms with van der Waals surface area (Å²) in [5.41, 5.74) is 2.27. The highest BCUT2D eigenvalue weighted by molar-refractivity contribution is 9.10. The van der Waals surface area contributed by atoms with Crippen LogP contribution in [-0.4, -0.2) is 68.9 Å². The number of carbonyl (C=O) groups is 2. The van der Waals surface area contributed by atoms with Crippen LogP contribution in [0.2, 0.25) is 0 Å². The van der Waals surface area contributed by atoms with Gasteiger partial charge in [0, 0.05) is 47.4 Å². The fourth-order valence-corrected chi connectivity index (χ4v) is 4.69. The third-order valence-corrected chi connectivity index (χ3v) is 7.02. The van der Waals surface area contributed by atoms with Crippen molar-refractivity contribution in [2.45, 2.75) is 25.9 Å². The Hall–Kier alpha value is -2.92. The van der Waals surface area contributed by atoms with Crippen LogP contribution in [-0.2, 0) is 9.59 Å². The minimum absolute atomic E-state index is 0.137. The molecular weight excluding hydrogens is 530 g/mol. The molecule has 0 atom stereocenters. The minimum Gasteiger partial charge on any atom is -0.368 e. The molecule has 1 N–H and O–H groups in total. The first kappa shape index (κ1) is 25.2. The van der Waals surface area contributed by atoms with Gasteiger partial charge in [-0.25, -0.2) is 0 Å². The fraction of sp³-hybridized carbons (Fsp3) is 0.375. The summed E-state index contributed by atoms with van der Waals surface area (Å²) in [5, 5.41) is 15.3. The molecule has 0 saturated carbocycles. The lowest BCUT2D eigenvalue weighted by Crippen LogP contribution is -2.51. The number of nitrogens with zero attached hydrogens (tertiary/aromatic N) is 6. The van der Waals surface area contributed by atoms with Gasteiger partial charge >= 0.3 is 0 Å². The molecule has 1 aliphatic heterocycles. The van der Waals surface area contributed by atoms with Crippen LogP contribution in [0.1, 0.15) is 20.8 Å². The van der Waals surface area contributed by atoms with E-state index in [0.717, 1.165) is 34.6 Å². The van der Waals surface area contributed by atoms with Gasteiger partial charge in [-0.2, -0.15) is 4.68 Å². The minimum atomic E-state index is -0.356. The van der Waals surface area contributed by atoms with E-state index in [2.05, 4.69) is 41.7 Å². The normalized spacial score (nSPS) is 14.2. The van der Waals surface area contributed by atoms with E-state index in [1.165, 1.54) is 11.8 Å². The molecule has 1 aromatic heterocycles. The number of nitrogens with one attached hydrogen (secondary N) is 1. The molecule has 1 fully saturated rings. The second-order valence-corrected chi connectivity index (χ2v) is 11.1. The first-order valence-electron chi connectivity index (χ1n) is 11.3. The summed E-state index contributed by atoms with van der Waals surface area (Å²) in [7, 11) is 0. The van der Waals surface area contributed by atoms with Gasteiger partial charge in [-0.1, -0.05) is 48.5 Å². The van der Waals surface area contributed by atoms with E-state index in [4.69, 9.17) is 0 Å². The van der Waals surface area contributed by atoms with Crippen LogP contribution >= 0.6 is 27.7 Å². The van der Waals surface area contributed by atoms with Gasteiger partial charge in [0.15, 0.2) is 0 Å². The van der Waals surface area contributed by atoms with Gasteiger partial charge in [-0.05, 0) is 59.0 Å². The van der Waals surface area contributed by atoms with Crippen LogP contribution < -0.4 is 10.2 Å². The Morgan fingerprint density at radius 3 is 2.23 bits per heavy atom. The van der Waals surface area contributed by atoms with E-state index >= 15 is 0 Å². The molecule has 11 heteroatoms. The van der Waals surface area contributed by atoms with E-state index in [-0.39, 0.29) is 23.0 Å². The van der Waals surface area contributed by atoms with Gasteiger partial charge in [0.2, 0.25) is 17.0 Å². The molecule has 0 aliphatic carbocycles. The molecule has 0 bridgehead atoms. The summed E-state index contributed by atoms with van der Waals surface area (Å²) in [4.78, 5) is 29.2. The Morgan fingerprint density at radius 1 is 0.971 bits per heavy atom. The first-order chi connectivity index (χ1) is 16.7. The van der Waals surface area contributed by atoms with Crippen LogP contribution in [0.4, 0.5) is 11.4 Å². The van der Waals surface area contributed by atoms with Gasteiger partial charge in [0.25, 0.3) is 0 Å². The second-order valence-electron chi connectivity index (χ2n) is 9.26. The molecule has 1 saturated heterocycles. The number of hydrogen-bond donors (Lipinski definition) is 1. The number of piperazine rings is 1. The highest BCUT2D eigenvalue weighted by Gasteiger charge is 2.29. The molecule has 9 nitrogen and oxygen atoms in total. The standard InChI is InChI=1S/C24H28BrN7O2S/c1-24(2,3)22(34)31-14-12-30(13-15-31)19-10-6-18(7-11-19)26-21(33)16-35-23-27-28-29-32(23)20-8-4-17(25)5-9-20/h4-11H,12-16H2,1-3H3,(H,26,33). The number of halogens is 1. The Morgan fingerprint density at radius 2 is 1.60 bits per heavy atom. The molecular formula is C24H28BrN7O2S. The van der Waals surface area contributed by atoms with E-state index in [1.807, 2.05) is 74.2 Å². The van der Waals surface area contributed by atoms with Crippen molar-refractivity contribution in [3.63, 3.8) is 0 Å². The number of thioether (sulfide) groups is 1. The van der Waals surface area contributed by atoms with Gasteiger partial charge in [-0.15, -0.1) is 5.10 Å². The van der Waals surface area contributed by atoms with Gasteiger partial charge in [0.05, 0.1) is 11.4 Å². The highest BCUT2D eigenvalue weighted by Crippen LogP contribution is 2.24. The van der Waals surface area contributed by atoms with Crippen LogP contribution in [0.15, 0.2) is 58.2 Å². The summed E-state index contributed by atoms with van der Waals surface area (Å²) in [6.45, 7) is 8.87. The van der Waals surface area contributed by atoms with E-state index < -0.39 is 0 Å². The Bertz CT molecular complexity index is 1170. The van der Waals surface area contributed by atoms with Crippen LogP contribution in [0, 0.1) is 5.41 Å². The van der Waals surface area contributed by atoms with Crippen molar-refractivity contribution >= 4 is 50.9 Å². The Balaban J connectivity index is 1.28. The number of carbonyl (C=O) groups excluding carboxylic acids is 2.